The summed E-state index contributed by atoms with van der Waals surface area (Å²) < 4.78 is 14.2. The lowest BCUT2D eigenvalue weighted by Crippen LogP contribution is -2.25. The average Bonchev–Trinajstić information content (AvgIpc) is 2.79. The summed E-state index contributed by atoms with van der Waals surface area (Å²) in [6, 6.07) is 3.15. The fourth-order valence-electron chi connectivity index (χ4n) is 3.31. The molecule has 3 atom stereocenters. The molecule has 1 aromatic rings. The van der Waals surface area contributed by atoms with Crippen LogP contribution in [0.4, 0.5) is 10.1 Å². The second-order valence-corrected chi connectivity index (χ2v) is 5.92. The van der Waals surface area contributed by atoms with Crippen LogP contribution in [0.5, 0.6) is 0 Å². The van der Waals surface area contributed by atoms with Crippen molar-refractivity contribution in [2.45, 2.75) is 31.2 Å². The van der Waals surface area contributed by atoms with Crippen molar-refractivity contribution in [1.82, 2.24) is 0 Å². The highest BCUT2D eigenvalue weighted by Crippen LogP contribution is 2.51. The molecule has 96 valence electrons. The minimum absolute atomic E-state index is 0.134. The number of fused-ring (bicyclic) bond motifs is 3. The van der Waals surface area contributed by atoms with E-state index in [9.17, 15) is 9.18 Å². The summed E-state index contributed by atoms with van der Waals surface area (Å²) in [6.07, 6.45) is 2.00. The molecule has 2 aliphatic rings. The normalized spacial score (nSPS) is 28.7. The number of carboxylic acid groups (broad SMARTS) is 1. The van der Waals surface area contributed by atoms with Crippen molar-refractivity contribution in [3.05, 3.63) is 28.0 Å². The van der Waals surface area contributed by atoms with Gasteiger partial charge in [-0.05, 0) is 52.4 Å². The maximum Gasteiger partial charge on any atom is 0.303 e. The zero-order chi connectivity index (χ0) is 12.9. The SMILES string of the molecule is O=C(O)CC1CCC2c3cc(F)cc(Br)c3NC12. The third kappa shape index (κ3) is 1.81. The van der Waals surface area contributed by atoms with E-state index >= 15 is 0 Å². The van der Waals surface area contributed by atoms with Crippen molar-refractivity contribution in [3.8, 4) is 0 Å². The van der Waals surface area contributed by atoms with Gasteiger partial charge in [0.05, 0.1) is 12.1 Å². The van der Waals surface area contributed by atoms with Crippen LogP contribution in [0.3, 0.4) is 0 Å². The van der Waals surface area contributed by atoms with Crippen LogP contribution in [-0.4, -0.2) is 17.1 Å². The molecule has 18 heavy (non-hydrogen) atoms. The van der Waals surface area contributed by atoms with E-state index in [2.05, 4.69) is 21.2 Å². The lowest BCUT2D eigenvalue weighted by atomic mass is 9.94. The minimum Gasteiger partial charge on any atom is -0.481 e. The minimum atomic E-state index is -0.761. The monoisotopic (exact) mass is 313 g/mol. The Bertz CT molecular complexity index is 520. The van der Waals surface area contributed by atoms with Crippen LogP contribution in [0.25, 0.3) is 0 Å². The first kappa shape index (κ1) is 12.0. The van der Waals surface area contributed by atoms with Crippen LogP contribution >= 0.6 is 15.9 Å². The molecule has 1 aliphatic heterocycles. The van der Waals surface area contributed by atoms with Crippen LogP contribution < -0.4 is 5.32 Å². The van der Waals surface area contributed by atoms with Crippen molar-refractivity contribution >= 4 is 27.6 Å². The van der Waals surface area contributed by atoms with Gasteiger partial charge in [0.2, 0.25) is 0 Å². The molecule has 5 heteroatoms. The van der Waals surface area contributed by atoms with Crippen LogP contribution in [0.15, 0.2) is 16.6 Å². The molecule has 0 radical (unpaired) electrons. The van der Waals surface area contributed by atoms with Gasteiger partial charge in [-0.1, -0.05) is 0 Å². The summed E-state index contributed by atoms with van der Waals surface area (Å²) in [5, 5.41) is 12.3. The van der Waals surface area contributed by atoms with Crippen molar-refractivity contribution in [3.63, 3.8) is 0 Å². The van der Waals surface area contributed by atoms with Crippen molar-refractivity contribution < 1.29 is 14.3 Å². The molecule has 0 spiro atoms. The van der Waals surface area contributed by atoms with Gasteiger partial charge in [-0.3, -0.25) is 4.79 Å². The zero-order valence-corrected chi connectivity index (χ0v) is 11.2. The first-order chi connectivity index (χ1) is 8.56. The molecule has 3 nitrogen and oxygen atoms in total. The van der Waals surface area contributed by atoms with Crippen LogP contribution in [0, 0.1) is 11.7 Å². The van der Waals surface area contributed by atoms with Gasteiger partial charge in [-0.2, -0.15) is 0 Å². The van der Waals surface area contributed by atoms with Gasteiger partial charge < -0.3 is 10.4 Å². The fourth-order valence-corrected chi connectivity index (χ4v) is 3.87. The Morgan fingerprint density at radius 3 is 3.00 bits per heavy atom. The molecule has 0 amide bonds. The smallest absolute Gasteiger partial charge is 0.303 e. The molecule has 0 aromatic heterocycles. The number of anilines is 1. The van der Waals surface area contributed by atoms with E-state index in [1.807, 2.05) is 0 Å². The molecule has 0 bridgehead atoms. The van der Waals surface area contributed by atoms with Crippen LogP contribution in [-0.2, 0) is 4.79 Å². The molecule has 2 N–H and O–H groups in total. The van der Waals surface area contributed by atoms with E-state index in [0.29, 0.717) is 0 Å². The lowest BCUT2D eigenvalue weighted by Gasteiger charge is -2.18. The Labute approximate surface area is 113 Å². The van der Waals surface area contributed by atoms with Crippen molar-refractivity contribution in [2.75, 3.05) is 5.32 Å². The van der Waals surface area contributed by atoms with Gasteiger partial charge >= 0.3 is 5.97 Å². The van der Waals surface area contributed by atoms with E-state index in [0.717, 1.165) is 28.6 Å². The highest BCUT2D eigenvalue weighted by atomic mass is 79.9. The number of benzene rings is 1. The zero-order valence-electron chi connectivity index (χ0n) is 9.62. The molecule has 3 unspecified atom stereocenters. The molecular weight excluding hydrogens is 301 g/mol. The Balaban J connectivity index is 1.92. The summed E-state index contributed by atoms with van der Waals surface area (Å²) in [7, 11) is 0. The first-order valence-corrected chi connectivity index (χ1v) is 6.83. The standard InChI is InChI=1S/C13H13BrFNO2/c14-10-5-7(15)4-9-8-2-1-6(3-11(17)18)12(8)16-13(9)10/h4-6,8,12,16H,1-3H2,(H,17,18). The summed E-state index contributed by atoms with van der Waals surface area (Å²) >= 11 is 3.36. The van der Waals surface area contributed by atoms with Gasteiger partial charge in [0, 0.05) is 16.4 Å². The molecule has 1 heterocycles. The molecule has 1 fully saturated rings. The number of aliphatic carboxylic acids is 1. The number of halogens is 2. The van der Waals surface area contributed by atoms with Crippen LogP contribution in [0.2, 0.25) is 0 Å². The second kappa shape index (κ2) is 4.23. The molecule has 3 rings (SSSR count). The third-order valence-corrected chi connectivity index (χ3v) is 4.65. The number of nitrogens with one attached hydrogen (secondary N) is 1. The maximum atomic E-state index is 13.4. The summed E-state index contributed by atoms with van der Waals surface area (Å²) in [4.78, 5) is 10.8. The Hall–Kier alpha value is -1.10. The highest BCUT2D eigenvalue weighted by molar-refractivity contribution is 9.10. The lowest BCUT2D eigenvalue weighted by molar-refractivity contribution is -0.138. The van der Waals surface area contributed by atoms with Gasteiger partial charge in [-0.25, -0.2) is 4.39 Å². The Morgan fingerprint density at radius 2 is 2.28 bits per heavy atom. The topological polar surface area (TPSA) is 49.3 Å². The number of carbonyl (C=O) groups is 1. The summed E-state index contributed by atoms with van der Waals surface area (Å²) in [5.74, 6) is -0.625. The fraction of sp³-hybridized carbons (Fsp3) is 0.462. The highest BCUT2D eigenvalue weighted by Gasteiger charge is 2.43. The van der Waals surface area contributed by atoms with E-state index < -0.39 is 5.97 Å². The predicted octanol–water partition coefficient (Wildman–Crippen LogP) is 3.35. The number of hydrogen-bond acceptors (Lipinski definition) is 2. The first-order valence-electron chi connectivity index (χ1n) is 6.03. The van der Waals surface area contributed by atoms with Gasteiger partial charge in [0.1, 0.15) is 5.82 Å². The molecule has 0 saturated heterocycles. The average molecular weight is 314 g/mol. The van der Waals surface area contributed by atoms with E-state index in [-0.39, 0.29) is 30.1 Å². The van der Waals surface area contributed by atoms with Crippen molar-refractivity contribution in [2.24, 2.45) is 5.92 Å². The largest absolute Gasteiger partial charge is 0.481 e. The molecule has 1 saturated carbocycles. The Kier molecular flexibility index (Phi) is 2.81. The predicted molar refractivity (Wildman–Crippen MR) is 69.2 cm³/mol. The van der Waals surface area contributed by atoms with E-state index in [1.165, 1.54) is 6.07 Å². The van der Waals surface area contributed by atoms with Gasteiger partial charge in [0.25, 0.3) is 0 Å². The van der Waals surface area contributed by atoms with E-state index in [1.54, 1.807) is 6.07 Å². The quantitative estimate of drug-likeness (QED) is 0.880. The Morgan fingerprint density at radius 1 is 1.50 bits per heavy atom. The number of carboxylic acids is 1. The second-order valence-electron chi connectivity index (χ2n) is 5.06. The molecule has 1 aromatic carbocycles. The third-order valence-electron chi connectivity index (χ3n) is 4.02. The molecular formula is C13H13BrFNO2. The summed E-state index contributed by atoms with van der Waals surface area (Å²) in [5.41, 5.74) is 1.92. The van der Waals surface area contributed by atoms with E-state index in [4.69, 9.17) is 5.11 Å². The van der Waals surface area contributed by atoms with Crippen molar-refractivity contribution in [1.29, 1.82) is 0 Å². The molecule has 1 aliphatic carbocycles. The summed E-state index contributed by atoms with van der Waals surface area (Å²) in [6.45, 7) is 0. The van der Waals surface area contributed by atoms with Gasteiger partial charge in [-0.15, -0.1) is 0 Å². The van der Waals surface area contributed by atoms with Crippen LogP contribution in [0.1, 0.15) is 30.7 Å². The van der Waals surface area contributed by atoms with Gasteiger partial charge in [0.15, 0.2) is 0 Å². The number of hydrogen-bond donors (Lipinski definition) is 2. The number of rotatable bonds is 2. The maximum absolute atomic E-state index is 13.4.